The predicted octanol–water partition coefficient (Wildman–Crippen LogP) is 3.80. The molecule has 2 bridgehead atoms. The number of benzene rings is 2. The number of hydrogen-bond donors (Lipinski definition) is 4. The van der Waals surface area contributed by atoms with Crippen LogP contribution in [-0.4, -0.2) is 63.1 Å². The van der Waals surface area contributed by atoms with Crippen molar-refractivity contribution in [2.24, 2.45) is 5.92 Å². The van der Waals surface area contributed by atoms with Gasteiger partial charge in [-0.1, -0.05) is 12.1 Å². The summed E-state index contributed by atoms with van der Waals surface area (Å²) in [6, 6.07) is 10.5. The van der Waals surface area contributed by atoms with E-state index in [-0.39, 0.29) is 35.6 Å². The zero-order valence-electron chi connectivity index (χ0n) is 21.7. The number of hydrogen-bond acceptors (Lipinski definition) is 7. The summed E-state index contributed by atoms with van der Waals surface area (Å²) >= 11 is 0. The van der Waals surface area contributed by atoms with Crippen LogP contribution in [0.1, 0.15) is 50.7 Å². The summed E-state index contributed by atoms with van der Waals surface area (Å²) < 4.78 is 12.0. The van der Waals surface area contributed by atoms with Crippen LogP contribution in [0, 0.1) is 5.92 Å². The molecule has 38 heavy (non-hydrogen) atoms. The molecule has 3 aliphatic carbocycles. The van der Waals surface area contributed by atoms with Gasteiger partial charge in [-0.05, 0) is 75.8 Å². The highest BCUT2D eigenvalue weighted by Crippen LogP contribution is 2.66. The van der Waals surface area contributed by atoms with Gasteiger partial charge in [-0.15, -0.1) is 0 Å². The van der Waals surface area contributed by atoms with Crippen molar-refractivity contribution < 1.29 is 29.6 Å². The third-order valence-electron chi connectivity index (χ3n) is 9.26. The number of anilines is 1. The van der Waals surface area contributed by atoms with Gasteiger partial charge >= 0.3 is 0 Å². The fourth-order valence-electron chi connectivity index (χ4n) is 7.49. The van der Waals surface area contributed by atoms with Crippen molar-refractivity contribution in [1.82, 2.24) is 4.90 Å². The molecule has 2 aromatic carbocycles. The lowest BCUT2D eigenvalue weighted by Crippen LogP contribution is -2.75. The van der Waals surface area contributed by atoms with Crippen molar-refractivity contribution in [2.45, 2.75) is 75.2 Å². The van der Waals surface area contributed by atoms with Crippen LogP contribution in [0.25, 0.3) is 0 Å². The van der Waals surface area contributed by atoms with Crippen molar-refractivity contribution in [1.29, 1.82) is 0 Å². The Morgan fingerprint density at radius 2 is 2.05 bits per heavy atom. The van der Waals surface area contributed by atoms with Crippen LogP contribution in [-0.2, 0) is 16.6 Å². The molecular formula is C30H34N2O6. The second-order valence-electron chi connectivity index (χ2n) is 11.9. The smallest absolute Gasteiger partial charge is 0.255 e. The molecule has 1 saturated carbocycles. The average Bonchev–Trinajstić information content (AvgIpc) is 3.60. The Labute approximate surface area is 221 Å². The van der Waals surface area contributed by atoms with Gasteiger partial charge < -0.3 is 30.1 Å². The second-order valence-corrected chi connectivity index (χ2v) is 11.9. The van der Waals surface area contributed by atoms with E-state index in [1.54, 1.807) is 24.3 Å². The molecule has 2 aliphatic heterocycles. The molecule has 2 aromatic rings. The minimum absolute atomic E-state index is 0.00509. The van der Waals surface area contributed by atoms with Crippen LogP contribution in [0.2, 0.25) is 0 Å². The number of rotatable bonds is 6. The van der Waals surface area contributed by atoms with E-state index in [1.807, 2.05) is 26.0 Å². The first-order valence-corrected chi connectivity index (χ1v) is 13.7. The Morgan fingerprint density at radius 3 is 2.82 bits per heavy atom. The summed E-state index contributed by atoms with van der Waals surface area (Å²) in [5, 5.41) is 37.9. The number of ether oxygens (including phenoxy) is 2. The second kappa shape index (κ2) is 8.13. The molecule has 8 heteroatoms. The van der Waals surface area contributed by atoms with E-state index in [0.717, 1.165) is 24.2 Å². The van der Waals surface area contributed by atoms with Gasteiger partial charge in [-0.2, -0.15) is 0 Å². The van der Waals surface area contributed by atoms with E-state index in [4.69, 9.17) is 9.47 Å². The van der Waals surface area contributed by atoms with E-state index >= 15 is 0 Å². The highest BCUT2D eigenvalue weighted by atomic mass is 16.5. The predicted molar refractivity (Wildman–Crippen MR) is 141 cm³/mol. The summed E-state index contributed by atoms with van der Waals surface area (Å²) in [6.45, 7) is 5.57. The quantitative estimate of drug-likeness (QED) is 0.460. The summed E-state index contributed by atoms with van der Waals surface area (Å²) in [7, 11) is 0. The number of phenolic OH excluding ortho intramolecular Hbond substituents is 1. The van der Waals surface area contributed by atoms with E-state index in [0.29, 0.717) is 35.9 Å². The lowest BCUT2D eigenvalue weighted by atomic mass is 9.49. The number of phenols is 1. The first kappa shape index (κ1) is 23.9. The number of nitrogens with one attached hydrogen (secondary N) is 1. The summed E-state index contributed by atoms with van der Waals surface area (Å²) in [5.41, 5.74) is 0.249. The molecule has 8 nitrogen and oxygen atoms in total. The zero-order chi connectivity index (χ0) is 26.4. The van der Waals surface area contributed by atoms with Crippen molar-refractivity contribution in [3.63, 3.8) is 0 Å². The van der Waals surface area contributed by atoms with Crippen molar-refractivity contribution in [3.05, 3.63) is 58.9 Å². The zero-order valence-corrected chi connectivity index (χ0v) is 21.7. The maximum Gasteiger partial charge on any atom is 0.255 e. The normalized spacial score (nSPS) is 31.2. The number of carbonyl (C=O) groups is 1. The number of likely N-dealkylation sites (tertiary alicyclic amines) is 1. The molecule has 1 amide bonds. The van der Waals surface area contributed by atoms with Gasteiger partial charge in [0.25, 0.3) is 5.91 Å². The van der Waals surface area contributed by atoms with E-state index < -0.39 is 23.0 Å². The van der Waals surface area contributed by atoms with Crippen LogP contribution in [0.3, 0.4) is 0 Å². The minimum atomic E-state index is -1.33. The summed E-state index contributed by atoms with van der Waals surface area (Å²) in [4.78, 5) is 16.0. The maximum absolute atomic E-state index is 13.6. The summed E-state index contributed by atoms with van der Waals surface area (Å²) in [6.07, 6.45) is 2.66. The fourth-order valence-corrected chi connectivity index (χ4v) is 7.49. The molecule has 200 valence electrons. The molecule has 0 radical (unpaired) electrons. The largest absolute Gasteiger partial charge is 0.508 e. The van der Waals surface area contributed by atoms with Crippen LogP contribution in [0.5, 0.6) is 17.2 Å². The van der Waals surface area contributed by atoms with Crippen LogP contribution >= 0.6 is 0 Å². The van der Waals surface area contributed by atoms with Gasteiger partial charge in [0, 0.05) is 36.3 Å². The van der Waals surface area contributed by atoms with Gasteiger partial charge in [0.2, 0.25) is 0 Å². The molecule has 4 N–H and O–H groups in total. The van der Waals surface area contributed by atoms with Crippen LogP contribution < -0.4 is 14.8 Å². The number of nitrogens with zero attached hydrogens (tertiary/aromatic N) is 1. The van der Waals surface area contributed by atoms with E-state index in [1.165, 1.54) is 12.8 Å². The van der Waals surface area contributed by atoms with Gasteiger partial charge in [0.1, 0.15) is 11.5 Å². The Balaban J connectivity index is 1.30. The minimum Gasteiger partial charge on any atom is -0.508 e. The highest BCUT2D eigenvalue weighted by Gasteiger charge is 2.73. The first-order chi connectivity index (χ1) is 18.2. The first-order valence-electron chi connectivity index (χ1n) is 13.7. The molecule has 2 heterocycles. The van der Waals surface area contributed by atoms with E-state index in [2.05, 4.69) is 10.2 Å². The number of carbonyl (C=O) groups excluding carboxylic acids is 1. The molecule has 4 atom stereocenters. The number of amides is 1. The van der Waals surface area contributed by atoms with Gasteiger partial charge in [0.15, 0.2) is 17.6 Å². The van der Waals surface area contributed by atoms with Crippen molar-refractivity contribution >= 4 is 11.6 Å². The lowest BCUT2D eigenvalue weighted by Gasteiger charge is -2.62. The molecule has 1 saturated heterocycles. The van der Waals surface area contributed by atoms with Crippen molar-refractivity contribution in [3.8, 4) is 17.2 Å². The van der Waals surface area contributed by atoms with Gasteiger partial charge in [0.05, 0.1) is 22.7 Å². The number of aromatic hydroxyl groups is 1. The standard InChI is InChI=1S/C30H34N2O6/c1-16(2)37-20-5-3-4-19(13-20)31-28(35)21-14-30(36)23-12-18-8-9-22(33)26-24(18)29(30,27(38-26)25(21)34)10-11-32(23)15-17-6-7-17/h3-5,8-9,13,16-17,23,27,33-34,36H,6-7,10-12,14-15H2,1-2H3,(H,31,35)/t23-,27+,29+,30-/m1/s1. The summed E-state index contributed by atoms with van der Waals surface area (Å²) in [5.74, 6) is 0.956. The van der Waals surface area contributed by atoms with Gasteiger partial charge in [-0.3, -0.25) is 9.69 Å². The monoisotopic (exact) mass is 518 g/mol. The molecule has 1 spiro atoms. The highest BCUT2D eigenvalue weighted by molar-refractivity contribution is 6.04. The van der Waals surface area contributed by atoms with E-state index in [9.17, 15) is 20.1 Å². The Kier molecular flexibility index (Phi) is 5.11. The molecular weight excluding hydrogens is 484 g/mol. The number of aliphatic hydroxyl groups is 2. The van der Waals surface area contributed by atoms with Crippen LogP contribution in [0.4, 0.5) is 5.69 Å². The average molecular weight is 519 g/mol. The molecule has 7 rings (SSSR count). The third kappa shape index (κ3) is 3.26. The number of piperidine rings is 1. The molecule has 0 aromatic heterocycles. The lowest BCUT2D eigenvalue weighted by molar-refractivity contribution is -0.172. The Bertz CT molecular complexity index is 1370. The Morgan fingerprint density at radius 1 is 1.24 bits per heavy atom. The van der Waals surface area contributed by atoms with Crippen molar-refractivity contribution in [2.75, 3.05) is 18.4 Å². The molecule has 0 unspecified atom stereocenters. The maximum atomic E-state index is 13.6. The fraction of sp³-hybridized carbons (Fsp3) is 0.500. The number of aliphatic hydroxyl groups excluding tert-OH is 1. The topological polar surface area (TPSA) is 111 Å². The van der Waals surface area contributed by atoms with Crippen LogP contribution in [0.15, 0.2) is 47.7 Å². The third-order valence-corrected chi connectivity index (χ3v) is 9.26. The SMILES string of the molecule is CC(C)Oc1cccc(NC(=O)C2=C(O)[C@@H]3Oc4c(O)ccc5c4[C@@]34CCN(CC3CC3)[C@H](C5)[C@]4(O)C2)c1. The molecule has 5 aliphatic rings. The Hall–Kier alpha value is -3.23. The van der Waals surface area contributed by atoms with Gasteiger partial charge in [-0.25, -0.2) is 0 Å². The molecule has 2 fully saturated rings.